The van der Waals surface area contributed by atoms with E-state index >= 15 is 0 Å². The number of alkyl halides is 3. The smallest absolute Gasteiger partial charge is 0.278 e. The molecule has 0 aromatic rings. The van der Waals surface area contributed by atoms with E-state index in [1.54, 1.807) is 0 Å². The van der Waals surface area contributed by atoms with Crippen molar-refractivity contribution in [2.24, 2.45) is 0 Å². The summed E-state index contributed by atoms with van der Waals surface area (Å²) in [7, 11) is -3.72. The van der Waals surface area contributed by atoms with E-state index in [0.29, 0.717) is 6.26 Å². The molecule has 0 rings (SSSR count). The molecule has 11 heavy (non-hydrogen) atoms. The second-order valence-corrected chi connectivity index (χ2v) is 3.47. The summed E-state index contributed by atoms with van der Waals surface area (Å²) in [6.45, 7) is -1.64. The van der Waals surface area contributed by atoms with E-state index in [-0.39, 0.29) is 0 Å². The summed E-state index contributed by atoms with van der Waals surface area (Å²) < 4.78 is 54.0. The van der Waals surface area contributed by atoms with Gasteiger partial charge in [0.05, 0.1) is 6.26 Å². The first kappa shape index (κ1) is 10.7. The van der Waals surface area contributed by atoms with Crippen LogP contribution in [0.5, 0.6) is 0 Å². The van der Waals surface area contributed by atoms with Crippen molar-refractivity contribution in [3.63, 3.8) is 0 Å². The van der Waals surface area contributed by atoms with Gasteiger partial charge < -0.3 is 0 Å². The van der Waals surface area contributed by atoms with Crippen LogP contribution in [0.15, 0.2) is 0 Å². The summed E-state index contributed by atoms with van der Waals surface area (Å²) in [6, 6.07) is 0. The van der Waals surface area contributed by atoms with Crippen LogP contribution >= 0.6 is 0 Å². The maximum absolute atomic E-state index is 11.3. The molecular formula is C3H6F3NO3S. The molecule has 0 aliphatic rings. The summed E-state index contributed by atoms with van der Waals surface area (Å²) in [5, 5.41) is 0. The molecule has 0 spiro atoms. The zero-order valence-electron chi connectivity index (χ0n) is 5.47. The fraction of sp³-hybridized carbons (Fsp3) is 1.00. The average molecular weight is 193 g/mol. The second kappa shape index (κ2) is 3.37. The first-order valence-electron chi connectivity index (χ1n) is 2.36. The van der Waals surface area contributed by atoms with E-state index in [2.05, 4.69) is 4.84 Å². The van der Waals surface area contributed by atoms with Gasteiger partial charge in [0.15, 0.2) is 6.61 Å². The quantitative estimate of drug-likeness (QED) is 0.643. The molecule has 0 aromatic carbocycles. The predicted molar refractivity (Wildman–Crippen MR) is 30.0 cm³/mol. The molecule has 1 N–H and O–H groups in total. The molecule has 0 saturated carbocycles. The van der Waals surface area contributed by atoms with Gasteiger partial charge in [0.2, 0.25) is 10.0 Å². The van der Waals surface area contributed by atoms with Crippen LogP contribution in [0.4, 0.5) is 13.2 Å². The Morgan fingerprint density at radius 2 is 1.91 bits per heavy atom. The van der Waals surface area contributed by atoms with E-state index in [9.17, 15) is 21.6 Å². The highest BCUT2D eigenvalue weighted by atomic mass is 32.2. The van der Waals surface area contributed by atoms with Crippen LogP contribution in [0.1, 0.15) is 0 Å². The molecule has 68 valence electrons. The van der Waals surface area contributed by atoms with Crippen LogP contribution in [0.2, 0.25) is 0 Å². The molecule has 0 atom stereocenters. The molecule has 0 unspecified atom stereocenters. The Balaban J connectivity index is 3.61. The topological polar surface area (TPSA) is 55.4 Å². The van der Waals surface area contributed by atoms with Crippen LogP contribution in [0.3, 0.4) is 0 Å². The molecule has 0 saturated heterocycles. The van der Waals surface area contributed by atoms with E-state index in [1.165, 1.54) is 4.89 Å². The Morgan fingerprint density at radius 1 is 1.45 bits per heavy atom. The van der Waals surface area contributed by atoms with Crippen molar-refractivity contribution in [3.8, 4) is 0 Å². The number of hydrogen-bond donors (Lipinski definition) is 1. The van der Waals surface area contributed by atoms with Crippen molar-refractivity contribution in [1.82, 2.24) is 4.89 Å². The van der Waals surface area contributed by atoms with Gasteiger partial charge in [-0.15, -0.1) is 0 Å². The summed E-state index contributed by atoms with van der Waals surface area (Å²) in [5.41, 5.74) is 0. The number of halogens is 3. The van der Waals surface area contributed by atoms with Gasteiger partial charge in [-0.1, -0.05) is 4.89 Å². The van der Waals surface area contributed by atoms with Crippen LogP contribution in [0.25, 0.3) is 0 Å². The van der Waals surface area contributed by atoms with Gasteiger partial charge in [-0.05, 0) is 0 Å². The molecule has 4 nitrogen and oxygen atoms in total. The lowest BCUT2D eigenvalue weighted by Gasteiger charge is -2.05. The maximum Gasteiger partial charge on any atom is 0.413 e. The molecular weight excluding hydrogens is 187 g/mol. The standard InChI is InChI=1S/C3H6F3NO3S/c1-11(8,9)7-10-2-3(4,5)6/h7H,2H2,1H3. The molecule has 0 aliphatic heterocycles. The lowest BCUT2D eigenvalue weighted by atomic mass is 10.7. The first-order valence-corrected chi connectivity index (χ1v) is 4.25. The highest BCUT2D eigenvalue weighted by Gasteiger charge is 2.28. The van der Waals surface area contributed by atoms with Crippen LogP contribution in [-0.4, -0.2) is 27.5 Å². The number of sulfonamides is 1. The van der Waals surface area contributed by atoms with Crippen LogP contribution in [0, 0.1) is 0 Å². The minimum absolute atomic E-state index is 0.684. The van der Waals surface area contributed by atoms with Gasteiger partial charge in [0, 0.05) is 0 Å². The highest BCUT2D eigenvalue weighted by molar-refractivity contribution is 7.88. The fourth-order valence-corrected chi connectivity index (χ4v) is 0.491. The summed E-state index contributed by atoms with van der Waals surface area (Å²) in [6.07, 6.45) is -3.85. The van der Waals surface area contributed by atoms with Crippen molar-refractivity contribution >= 4 is 10.0 Å². The van der Waals surface area contributed by atoms with E-state index in [4.69, 9.17) is 0 Å². The Hall–Kier alpha value is -0.340. The van der Waals surface area contributed by atoms with Crippen molar-refractivity contribution in [3.05, 3.63) is 0 Å². The summed E-state index contributed by atoms with van der Waals surface area (Å²) in [4.78, 5) is 4.83. The number of hydrogen-bond acceptors (Lipinski definition) is 3. The monoisotopic (exact) mass is 193 g/mol. The molecule has 0 radical (unpaired) electrons. The van der Waals surface area contributed by atoms with Gasteiger partial charge in [-0.2, -0.15) is 13.2 Å². The van der Waals surface area contributed by atoms with Gasteiger partial charge in [0.1, 0.15) is 0 Å². The molecule has 8 heteroatoms. The van der Waals surface area contributed by atoms with E-state index < -0.39 is 22.8 Å². The first-order chi connectivity index (χ1) is 4.71. The second-order valence-electron chi connectivity index (χ2n) is 1.76. The largest absolute Gasteiger partial charge is 0.413 e. The Morgan fingerprint density at radius 3 is 2.18 bits per heavy atom. The highest BCUT2D eigenvalue weighted by Crippen LogP contribution is 2.13. The van der Waals surface area contributed by atoms with E-state index in [0.717, 1.165) is 0 Å². The third-order valence-corrected chi connectivity index (χ3v) is 0.867. The van der Waals surface area contributed by atoms with Gasteiger partial charge >= 0.3 is 6.18 Å². The van der Waals surface area contributed by atoms with Crippen molar-refractivity contribution in [2.45, 2.75) is 6.18 Å². The van der Waals surface area contributed by atoms with Crippen LogP contribution in [-0.2, 0) is 14.9 Å². The van der Waals surface area contributed by atoms with Gasteiger partial charge in [0.25, 0.3) is 0 Å². The van der Waals surface area contributed by atoms with Crippen LogP contribution < -0.4 is 4.89 Å². The molecule has 0 aliphatic carbocycles. The molecule has 0 amide bonds. The average Bonchev–Trinajstić information content (AvgIpc) is 1.55. The van der Waals surface area contributed by atoms with Gasteiger partial charge in [-0.25, -0.2) is 8.42 Å². The molecule has 0 bridgehead atoms. The lowest BCUT2D eigenvalue weighted by Crippen LogP contribution is -2.28. The third-order valence-electron chi connectivity index (χ3n) is 0.446. The Kier molecular flexibility index (Phi) is 3.27. The lowest BCUT2D eigenvalue weighted by molar-refractivity contribution is -0.181. The van der Waals surface area contributed by atoms with Crippen molar-refractivity contribution in [1.29, 1.82) is 0 Å². The Labute approximate surface area is 61.3 Å². The molecule has 0 fully saturated rings. The molecule has 0 heterocycles. The zero-order chi connectivity index (χ0) is 9.12. The van der Waals surface area contributed by atoms with Crippen molar-refractivity contribution in [2.75, 3.05) is 12.9 Å². The van der Waals surface area contributed by atoms with E-state index in [1.807, 2.05) is 0 Å². The van der Waals surface area contributed by atoms with Crippen molar-refractivity contribution < 1.29 is 26.4 Å². The summed E-state index contributed by atoms with van der Waals surface area (Å²) in [5.74, 6) is 0. The van der Waals surface area contributed by atoms with Gasteiger partial charge in [-0.3, -0.25) is 4.84 Å². The fourth-order valence-electron chi connectivity index (χ4n) is 0.218. The number of rotatable bonds is 3. The summed E-state index contributed by atoms with van der Waals surface area (Å²) >= 11 is 0. The maximum atomic E-state index is 11.3. The third kappa shape index (κ3) is 9.66. The number of nitrogens with one attached hydrogen (secondary N) is 1. The predicted octanol–water partition coefficient (Wildman–Crippen LogP) is 0.0295. The minimum Gasteiger partial charge on any atom is -0.278 e. The molecule has 0 aromatic heterocycles. The SMILES string of the molecule is CS(=O)(=O)NOCC(F)(F)F. The zero-order valence-corrected chi connectivity index (χ0v) is 6.29. The normalized spacial score (nSPS) is 13.5. The minimum atomic E-state index is -4.53. The Bertz CT molecular complexity index is 208.